The minimum absolute atomic E-state index is 0.0619. The third-order valence-electron chi connectivity index (χ3n) is 6.48. The summed E-state index contributed by atoms with van der Waals surface area (Å²) in [5, 5.41) is 9.11. The number of amidine groups is 1. The van der Waals surface area contributed by atoms with E-state index in [0.29, 0.717) is 28.8 Å². The Morgan fingerprint density at radius 3 is 2.36 bits per heavy atom. The monoisotopic (exact) mass is 546 g/mol. The fourth-order valence-corrected chi connectivity index (χ4v) is 5.48. The van der Waals surface area contributed by atoms with Crippen LogP contribution in [0.4, 0.5) is 10.1 Å². The van der Waals surface area contributed by atoms with E-state index >= 15 is 0 Å². The van der Waals surface area contributed by atoms with Gasteiger partial charge in [0.25, 0.3) is 5.91 Å². The summed E-state index contributed by atoms with van der Waals surface area (Å²) in [6.07, 6.45) is 0.499. The average Bonchev–Trinajstić information content (AvgIpc) is 3.53. The van der Waals surface area contributed by atoms with Crippen LogP contribution >= 0.6 is 11.8 Å². The van der Waals surface area contributed by atoms with E-state index in [1.165, 1.54) is 38.1 Å². The van der Waals surface area contributed by atoms with E-state index in [0.717, 1.165) is 22.4 Å². The maximum Gasteiger partial charge on any atom is 0.262 e. The maximum atomic E-state index is 13.5. The number of thioether (sulfide) groups is 1. The summed E-state index contributed by atoms with van der Waals surface area (Å²) in [6, 6.07) is 19.2. The van der Waals surface area contributed by atoms with Crippen LogP contribution in [-0.2, 0) is 9.59 Å². The van der Waals surface area contributed by atoms with Gasteiger partial charge in [0.1, 0.15) is 22.6 Å². The molecule has 39 heavy (non-hydrogen) atoms. The Morgan fingerprint density at radius 1 is 1.05 bits per heavy atom. The van der Waals surface area contributed by atoms with E-state index in [9.17, 15) is 14.0 Å². The van der Waals surface area contributed by atoms with E-state index < -0.39 is 5.25 Å². The van der Waals surface area contributed by atoms with E-state index in [-0.39, 0.29) is 30.1 Å². The molecule has 0 aliphatic carbocycles. The summed E-state index contributed by atoms with van der Waals surface area (Å²) < 4.78 is 24.0. The molecule has 0 fully saturated rings. The molecule has 200 valence electrons. The number of benzene rings is 3. The summed E-state index contributed by atoms with van der Waals surface area (Å²) in [7, 11) is 3.05. The normalized spacial score (nSPS) is 18.6. The van der Waals surface area contributed by atoms with Crippen molar-refractivity contribution >= 4 is 40.1 Å². The van der Waals surface area contributed by atoms with Crippen molar-refractivity contribution in [3.8, 4) is 11.5 Å². The molecule has 0 saturated carbocycles. The number of hydrogen-bond donors (Lipinski definition) is 1. The Labute approximate surface area is 229 Å². The lowest BCUT2D eigenvalue weighted by atomic mass is 9.98. The summed E-state index contributed by atoms with van der Waals surface area (Å²) in [6.45, 7) is 2.02. The average molecular weight is 547 g/mol. The first kappa shape index (κ1) is 26.4. The van der Waals surface area contributed by atoms with Crippen molar-refractivity contribution in [2.45, 2.75) is 31.1 Å². The SMILES string of the molecule is COc1cc(NC(=O)CC2SC(N3N=C(c4ccc(F)cc4)CC3c3ccc(C)cc3)=NC2=O)cc(OC)c1. The molecule has 2 heterocycles. The van der Waals surface area contributed by atoms with E-state index in [2.05, 4.69) is 10.3 Å². The number of nitrogens with zero attached hydrogens (tertiary/aromatic N) is 3. The zero-order valence-corrected chi connectivity index (χ0v) is 22.5. The summed E-state index contributed by atoms with van der Waals surface area (Å²) in [4.78, 5) is 30.0. The fraction of sp³-hybridized carbons (Fsp3) is 0.241. The van der Waals surface area contributed by atoms with Gasteiger partial charge in [0.05, 0.1) is 26.0 Å². The molecule has 0 radical (unpaired) electrons. The maximum absolute atomic E-state index is 13.5. The highest BCUT2D eigenvalue weighted by atomic mass is 32.2. The van der Waals surface area contributed by atoms with Gasteiger partial charge in [0.2, 0.25) is 5.91 Å². The number of aliphatic imine (C=N–C) groups is 1. The van der Waals surface area contributed by atoms with Crippen LogP contribution < -0.4 is 14.8 Å². The molecular formula is C29H27FN4O4S. The van der Waals surface area contributed by atoms with Crippen LogP contribution in [0.15, 0.2) is 76.8 Å². The van der Waals surface area contributed by atoms with Crippen LogP contribution in [0.25, 0.3) is 0 Å². The molecule has 3 aromatic rings. The van der Waals surface area contributed by atoms with E-state index in [1.807, 2.05) is 31.2 Å². The molecule has 3 aromatic carbocycles. The van der Waals surface area contributed by atoms with Crippen molar-refractivity contribution in [2.75, 3.05) is 19.5 Å². The minimum atomic E-state index is -0.684. The smallest absolute Gasteiger partial charge is 0.262 e. The number of ether oxygens (including phenoxy) is 2. The first-order valence-corrected chi connectivity index (χ1v) is 13.2. The number of amides is 2. The molecular weight excluding hydrogens is 519 g/mol. The third-order valence-corrected chi connectivity index (χ3v) is 7.62. The molecule has 0 spiro atoms. The van der Waals surface area contributed by atoms with Gasteiger partial charge < -0.3 is 14.8 Å². The largest absolute Gasteiger partial charge is 0.497 e. The second-order valence-electron chi connectivity index (χ2n) is 9.22. The predicted octanol–water partition coefficient (Wildman–Crippen LogP) is 5.33. The van der Waals surface area contributed by atoms with Gasteiger partial charge in [-0.3, -0.25) is 9.59 Å². The van der Waals surface area contributed by atoms with E-state index in [4.69, 9.17) is 14.6 Å². The lowest BCUT2D eigenvalue weighted by Gasteiger charge is -2.23. The molecule has 8 nitrogen and oxygen atoms in total. The molecule has 1 N–H and O–H groups in total. The Hall–Kier alpha value is -4.18. The topological polar surface area (TPSA) is 92.6 Å². The van der Waals surface area contributed by atoms with Gasteiger partial charge in [-0.2, -0.15) is 10.1 Å². The molecule has 2 unspecified atom stereocenters. The number of rotatable bonds is 7. The first-order chi connectivity index (χ1) is 18.8. The zero-order valence-electron chi connectivity index (χ0n) is 21.7. The summed E-state index contributed by atoms with van der Waals surface area (Å²) in [5.74, 6) is 0.0281. The molecule has 5 rings (SSSR count). The van der Waals surface area contributed by atoms with Crippen molar-refractivity contribution in [1.29, 1.82) is 0 Å². The lowest BCUT2D eigenvalue weighted by molar-refractivity contribution is -0.121. The number of carbonyl (C=O) groups excluding carboxylic acids is 2. The number of halogens is 1. The number of aryl methyl sites for hydroxylation is 1. The fourth-order valence-electron chi connectivity index (χ4n) is 4.42. The number of hydrogen-bond acceptors (Lipinski definition) is 7. The van der Waals surface area contributed by atoms with Crippen LogP contribution in [0.3, 0.4) is 0 Å². The zero-order chi connectivity index (χ0) is 27.5. The predicted molar refractivity (Wildman–Crippen MR) is 150 cm³/mol. The number of nitrogens with one attached hydrogen (secondary N) is 1. The van der Waals surface area contributed by atoms with Gasteiger partial charge >= 0.3 is 0 Å². The van der Waals surface area contributed by atoms with Crippen LogP contribution in [0.5, 0.6) is 11.5 Å². The highest BCUT2D eigenvalue weighted by molar-refractivity contribution is 8.15. The van der Waals surface area contributed by atoms with Gasteiger partial charge in [-0.25, -0.2) is 9.40 Å². The second-order valence-corrected chi connectivity index (χ2v) is 10.4. The Morgan fingerprint density at radius 2 is 1.72 bits per heavy atom. The van der Waals surface area contributed by atoms with Crippen molar-refractivity contribution in [3.63, 3.8) is 0 Å². The standard InChI is InChI=1S/C29H27FN4O4S/c1-17-4-6-19(7-5-17)25-15-24(18-8-10-20(30)11-9-18)33-34(25)29-32-28(36)26(39-29)16-27(35)31-21-12-22(37-2)14-23(13-21)38-3/h4-14,25-26H,15-16H2,1-3H3,(H,31,35). The summed E-state index contributed by atoms with van der Waals surface area (Å²) >= 11 is 1.22. The number of hydrazone groups is 1. The second kappa shape index (κ2) is 11.3. The van der Waals surface area contributed by atoms with Gasteiger partial charge in [0, 0.05) is 36.7 Å². The Kier molecular flexibility index (Phi) is 7.65. The number of anilines is 1. The van der Waals surface area contributed by atoms with Crippen molar-refractivity contribution in [3.05, 3.63) is 89.2 Å². The van der Waals surface area contributed by atoms with Crippen molar-refractivity contribution in [1.82, 2.24) is 5.01 Å². The molecule has 2 aliphatic rings. The molecule has 2 atom stereocenters. The Bertz CT molecular complexity index is 1430. The highest BCUT2D eigenvalue weighted by Crippen LogP contribution is 2.39. The molecule has 10 heteroatoms. The molecule has 2 amide bonds. The third kappa shape index (κ3) is 5.96. The van der Waals surface area contributed by atoms with Crippen molar-refractivity contribution < 1.29 is 23.5 Å². The Balaban J connectivity index is 1.33. The molecule has 0 aromatic heterocycles. The van der Waals surface area contributed by atoms with Crippen molar-refractivity contribution in [2.24, 2.45) is 10.1 Å². The van der Waals surface area contributed by atoms with Crippen LogP contribution in [0, 0.1) is 12.7 Å². The van der Waals surface area contributed by atoms with Gasteiger partial charge in [-0.05, 0) is 30.2 Å². The van der Waals surface area contributed by atoms with Gasteiger partial charge in [-0.1, -0.05) is 53.7 Å². The quantitative estimate of drug-likeness (QED) is 0.431. The first-order valence-electron chi connectivity index (χ1n) is 12.3. The summed E-state index contributed by atoms with van der Waals surface area (Å²) in [5.41, 5.74) is 4.22. The van der Waals surface area contributed by atoms with Crippen LogP contribution in [-0.4, -0.2) is 47.2 Å². The molecule has 0 bridgehead atoms. The van der Waals surface area contributed by atoms with Crippen LogP contribution in [0.2, 0.25) is 0 Å². The molecule has 2 aliphatic heterocycles. The van der Waals surface area contributed by atoms with Gasteiger partial charge in [-0.15, -0.1) is 0 Å². The minimum Gasteiger partial charge on any atom is -0.497 e. The van der Waals surface area contributed by atoms with Crippen LogP contribution in [0.1, 0.15) is 35.6 Å². The number of carbonyl (C=O) groups is 2. The number of methoxy groups -OCH3 is 2. The van der Waals surface area contributed by atoms with E-state index in [1.54, 1.807) is 35.3 Å². The lowest BCUT2D eigenvalue weighted by Crippen LogP contribution is -2.25. The molecule has 0 saturated heterocycles. The highest BCUT2D eigenvalue weighted by Gasteiger charge is 2.39. The van der Waals surface area contributed by atoms with Gasteiger partial charge in [0.15, 0.2) is 5.17 Å².